The number of hydrogen-bond acceptors (Lipinski definition) is 2. The number of nitrogens with one attached hydrogen (secondary N) is 2. The van der Waals surface area contributed by atoms with E-state index >= 15 is 0 Å². The van der Waals surface area contributed by atoms with Crippen molar-refractivity contribution in [1.29, 1.82) is 0 Å². The summed E-state index contributed by atoms with van der Waals surface area (Å²) in [6.07, 6.45) is 7.85. The molecule has 3 amide bonds. The highest BCUT2D eigenvalue weighted by atomic mass is 16.2. The van der Waals surface area contributed by atoms with Crippen LogP contribution in [-0.4, -0.2) is 42.0 Å². The number of nitrogens with zero attached hydrogens (tertiary/aromatic N) is 1. The highest BCUT2D eigenvalue weighted by Gasteiger charge is 2.27. The van der Waals surface area contributed by atoms with Gasteiger partial charge in [-0.15, -0.1) is 0 Å². The summed E-state index contributed by atoms with van der Waals surface area (Å²) in [6, 6.07) is 0.490. The van der Waals surface area contributed by atoms with E-state index in [-0.39, 0.29) is 18.0 Å². The standard InChI is InChI=1S/C16H29N3O2/c1-3-13-6-8-14(9-7-13)18-16(21)19-10-4-5-15(11-19)17-12(2)20/h13-15H,3-11H2,1-2H3,(H,17,20)(H,18,21). The maximum atomic E-state index is 12.4. The zero-order valence-electron chi connectivity index (χ0n) is 13.4. The number of carbonyl (C=O) groups is 2. The first-order valence-electron chi connectivity index (χ1n) is 8.41. The van der Waals surface area contributed by atoms with Gasteiger partial charge in [-0.05, 0) is 44.4 Å². The zero-order valence-corrected chi connectivity index (χ0v) is 13.4. The second kappa shape index (κ2) is 7.66. The molecule has 1 heterocycles. The Morgan fingerprint density at radius 3 is 2.38 bits per heavy atom. The molecule has 0 bridgehead atoms. The van der Waals surface area contributed by atoms with E-state index in [9.17, 15) is 9.59 Å². The SMILES string of the molecule is CCC1CCC(NC(=O)N2CCCC(NC(C)=O)C2)CC1. The molecule has 120 valence electrons. The average Bonchev–Trinajstić information content (AvgIpc) is 2.47. The van der Waals surface area contributed by atoms with Gasteiger partial charge in [0.1, 0.15) is 0 Å². The van der Waals surface area contributed by atoms with Crippen LogP contribution >= 0.6 is 0 Å². The first-order chi connectivity index (χ1) is 10.1. The number of amides is 3. The largest absolute Gasteiger partial charge is 0.352 e. The van der Waals surface area contributed by atoms with Crippen LogP contribution < -0.4 is 10.6 Å². The van der Waals surface area contributed by atoms with Crippen molar-refractivity contribution in [2.24, 2.45) is 5.92 Å². The summed E-state index contributed by atoms with van der Waals surface area (Å²) in [5, 5.41) is 6.10. The third kappa shape index (κ3) is 4.90. The molecule has 2 aliphatic rings. The minimum atomic E-state index is -0.0138. The first kappa shape index (κ1) is 16.1. The number of carbonyl (C=O) groups excluding carboxylic acids is 2. The highest BCUT2D eigenvalue weighted by molar-refractivity contribution is 5.75. The fourth-order valence-corrected chi connectivity index (χ4v) is 3.55. The minimum Gasteiger partial charge on any atom is -0.352 e. The molecule has 21 heavy (non-hydrogen) atoms. The number of piperidine rings is 1. The summed E-state index contributed by atoms with van der Waals surface area (Å²) in [5.74, 6) is 0.831. The van der Waals surface area contributed by atoms with Crippen molar-refractivity contribution in [3.63, 3.8) is 0 Å². The summed E-state index contributed by atoms with van der Waals surface area (Å²) in [5.41, 5.74) is 0. The molecule has 1 aliphatic carbocycles. The molecule has 1 aliphatic heterocycles. The molecule has 1 unspecified atom stereocenters. The summed E-state index contributed by atoms with van der Waals surface area (Å²) < 4.78 is 0. The number of rotatable bonds is 3. The Morgan fingerprint density at radius 2 is 1.76 bits per heavy atom. The summed E-state index contributed by atoms with van der Waals surface area (Å²) in [7, 11) is 0. The molecule has 0 aromatic heterocycles. The molecule has 2 rings (SSSR count). The van der Waals surface area contributed by atoms with Gasteiger partial charge in [0.2, 0.25) is 5.91 Å². The van der Waals surface area contributed by atoms with Gasteiger partial charge in [-0.25, -0.2) is 4.79 Å². The number of urea groups is 1. The smallest absolute Gasteiger partial charge is 0.317 e. The van der Waals surface area contributed by atoms with Crippen LogP contribution in [0, 0.1) is 5.92 Å². The molecular formula is C16H29N3O2. The Labute approximate surface area is 127 Å². The van der Waals surface area contributed by atoms with E-state index in [1.165, 1.54) is 26.2 Å². The molecule has 0 radical (unpaired) electrons. The van der Waals surface area contributed by atoms with Crippen LogP contribution in [0.5, 0.6) is 0 Å². The second-order valence-electron chi connectivity index (χ2n) is 6.56. The second-order valence-corrected chi connectivity index (χ2v) is 6.56. The lowest BCUT2D eigenvalue weighted by Crippen LogP contribution is -2.53. The lowest BCUT2D eigenvalue weighted by atomic mass is 9.84. The molecule has 5 heteroatoms. The molecule has 2 N–H and O–H groups in total. The van der Waals surface area contributed by atoms with Crippen molar-refractivity contribution in [3.05, 3.63) is 0 Å². The van der Waals surface area contributed by atoms with E-state index in [1.54, 1.807) is 0 Å². The Bertz CT molecular complexity index is 365. The van der Waals surface area contributed by atoms with E-state index < -0.39 is 0 Å². The van der Waals surface area contributed by atoms with E-state index in [4.69, 9.17) is 0 Å². The van der Waals surface area contributed by atoms with Gasteiger partial charge in [-0.3, -0.25) is 4.79 Å². The fraction of sp³-hybridized carbons (Fsp3) is 0.875. The molecule has 1 saturated carbocycles. The predicted molar refractivity (Wildman–Crippen MR) is 83.0 cm³/mol. The van der Waals surface area contributed by atoms with Crippen LogP contribution in [0.3, 0.4) is 0 Å². The molecule has 0 aromatic carbocycles. The molecule has 1 atom stereocenters. The summed E-state index contributed by atoms with van der Waals surface area (Å²) in [4.78, 5) is 25.3. The van der Waals surface area contributed by atoms with Gasteiger partial charge in [-0.1, -0.05) is 13.3 Å². The van der Waals surface area contributed by atoms with Gasteiger partial charge in [-0.2, -0.15) is 0 Å². The Kier molecular flexibility index (Phi) is 5.88. The van der Waals surface area contributed by atoms with E-state index in [2.05, 4.69) is 17.6 Å². The number of likely N-dealkylation sites (tertiary alicyclic amines) is 1. The van der Waals surface area contributed by atoms with Crippen molar-refractivity contribution in [2.45, 2.75) is 70.9 Å². The van der Waals surface area contributed by atoms with Crippen molar-refractivity contribution in [3.8, 4) is 0 Å². The van der Waals surface area contributed by atoms with Crippen LogP contribution in [0.25, 0.3) is 0 Å². The van der Waals surface area contributed by atoms with E-state index in [0.717, 1.165) is 38.1 Å². The van der Waals surface area contributed by atoms with Crippen LogP contribution in [-0.2, 0) is 4.79 Å². The van der Waals surface area contributed by atoms with Gasteiger partial charge >= 0.3 is 6.03 Å². The Balaban J connectivity index is 1.76. The van der Waals surface area contributed by atoms with E-state index in [0.29, 0.717) is 12.6 Å². The predicted octanol–water partition coefficient (Wildman–Crippen LogP) is 2.27. The van der Waals surface area contributed by atoms with Crippen LogP contribution in [0.4, 0.5) is 4.79 Å². The maximum Gasteiger partial charge on any atom is 0.317 e. The fourth-order valence-electron chi connectivity index (χ4n) is 3.55. The molecular weight excluding hydrogens is 266 g/mol. The molecule has 2 fully saturated rings. The maximum absolute atomic E-state index is 12.4. The molecule has 5 nitrogen and oxygen atoms in total. The van der Waals surface area contributed by atoms with Crippen LogP contribution in [0.15, 0.2) is 0 Å². The summed E-state index contributed by atoms with van der Waals surface area (Å²) in [6.45, 7) is 5.21. The minimum absolute atomic E-state index is 0.0138. The van der Waals surface area contributed by atoms with Crippen molar-refractivity contribution in [2.75, 3.05) is 13.1 Å². The third-order valence-corrected chi connectivity index (χ3v) is 4.87. The van der Waals surface area contributed by atoms with Gasteiger partial charge in [0.25, 0.3) is 0 Å². The lowest BCUT2D eigenvalue weighted by molar-refractivity contribution is -0.119. The molecule has 1 saturated heterocycles. The Hall–Kier alpha value is -1.26. The van der Waals surface area contributed by atoms with Crippen molar-refractivity contribution < 1.29 is 9.59 Å². The van der Waals surface area contributed by atoms with Crippen molar-refractivity contribution >= 4 is 11.9 Å². The van der Waals surface area contributed by atoms with Gasteiger partial charge in [0.05, 0.1) is 0 Å². The average molecular weight is 295 g/mol. The summed E-state index contributed by atoms with van der Waals surface area (Å²) >= 11 is 0. The zero-order chi connectivity index (χ0) is 15.2. The first-order valence-corrected chi connectivity index (χ1v) is 8.41. The molecule has 0 aromatic rings. The van der Waals surface area contributed by atoms with Gasteiger partial charge < -0.3 is 15.5 Å². The third-order valence-electron chi connectivity index (χ3n) is 4.87. The number of hydrogen-bond donors (Lipinski definition) is 2. The van der Waals surface area contributed by atoms with Crippen LogP contribution in [0.2, 0.25) is 0 Å². The normalized spacial score (nSPS) is 29.8. The van der Waals surface area contributed by atoms with E-state index in [1.807, 2.05) is 4.90 Å². The van der Waals surface area contributed by atoms with Crippen LogP contribution in [0.1, 0.15) is 58.8 Å². The topological polar surface area (TPSA) is 61.4 Å². The van der Waals surface area contributed by atoms with Gasteiger partial charge in [0, 0.05) is 32.1 Å². The quantitative estimate of drug-likeness (QED) is 0.839. The van der Waals surface area contributed by atoms with Gasteiger partial charge in [0.15, 0.2) is 0 Å². The monoisotopic (exact) mass is 295 g/mol. The van der Waals surface area contributed by atoms with Crippen molar-refractivity contribution in [1.82, 2.24) is 15.5 Å². The molecule has 0 spiro atoms. The Morgan fingerprint density at radius 1 is 1.05 bits per heavy atom. The lowest BCUT2D eigenvalue weighted by Gasteiger charge is -2.35. The highest BCUT2D eigenvalue weighted by Crippen LogP contribution is 2.26.